The normalized spacial score (nSPS) is 16.3. The third-order valence-corrected chi connectivity index (χ3v) is 3.93. The van der Waals surface area contributed by atoms with Crippen molar-refractivity contribution >= 4 is 22.5 Å². The smallest absolute Gasteiger partial charge is 0.277 e. The fraction of sp³-hybridized carbons (Fsp3) is 0.438. The molecule has 0 bridgehead atoms. The second kappa shape index (κ2) is 6.52. The van der Waals surface area contributed by atoms with Crippen LogP contribution >= 0.6 is 0 Å². The Morgan fingerprint density at radius 1 is 1.10 bits per heavy atom. The van der Waals surface area contributed by atoms with Crippen molar-refractivity contribution in [3.8, 4) is 0 Å². The lowest BCUT2D eigenvalue weighted by Crippen LogP contribution is -2.20. The maximum Gasteiger partial charge on any atom is 0.292 e. The monoisotopic (exact) mass is 284 g/mol. The van der Waals surface area contributed by atoms with Crippen LogP contribution in [-0.2, 0) is 0 Å². The Morgan fingerprint density at radius 3 is 2.62 bits per heavy atom. The molecule has 0 aliphatic heterocycles. The molecule has 1 aliphatic carbocycles. The van der Waals surface area contributed by atoms with E-state index in [1.54, 1.807) is 0 Å². The van der Waals surface area contributed by atoms with Crippen LogP contribution in [0, 0.1) is 0 Å². The predicted molar refractivity (Wildman–Crippen MR) is 83.3 cm³/mol. The number of hydrogen-bond donors (Lipinski definition) is 2. The number of nitrogens with zero attached hydrogens (tertiary/aromatic N) is 2. The highest BCUT2D eigenvalue weighted by molar-refractivity contribution is 6.04. The summed E-state index contributed by atoms with van der Waals surface area (Å²) in [5, 5.41) is 12.1. The van der Waals surface area contributed by atoms with Crippen molar-refractivity contribution < 1.29 is 4.79 Å². The summed E-state index contributed by atoms with van der Waals surface area (Å²) in [6.45, 7) is 0. The van der Waals surface area contributed by atoms with Gasteiger partial charge >= 0.3 is 0 Å². The van der Waals surface area contributed by atoms with Gasteiger partial charge in [-0.05, 0) is 31.7 Å². The molecule has 0 atom stereocenters. The first-order valence-corrected chi connectivity index (χ1v) is 7.63. The summed E-state index contributed by atoms with van der Waals surface area (Å²) in [6, 6.07) is 7.60. The average Bonchev–Trinajstić information content (AvgIpc) is 2.90. The van der Waals surface area contributed by atoms with Gasteiger partial charge in [0.05, 0.1) is 5.52 Å². The van der Waals surface area contributed by atoms with Crippen molar-refractivity contribution in [2.75, 3.05) is 0 Å². The van der Waals surface area contributed by atoms with Gasteiger partial charge in [0.25, 0.3) is 5.91 Å². The van der Waals surface area contributed by atoms with E-state index in [0.717, 1.165) is 29.5 Å². The summed E-state index contributed by atoms with van der Waals surface area (Å²) in [6.07, 6.45) is 8.15. The van der Waals surface area contributed by atoms with Crippen LogP contribution in [0.4, 0.5) is 0 Å². The van der Waals surface area contributed by atoms with Gasteiger partial charge in [0.2, 0.25) is 0 Å². The van der Waals surface area contributed by atoms with Crippen LogP contribution < -0.4 is 5.43 Å². The van der Waals surface area contributed by atoms with E-state index >= 15 is 0 Å². The molecule has 1 fully saturated rings. The number of benzene rings is 1. The zero-order valence-corrected chi connectivity index (χ0v) is 12.1. The lowest BCUT2D eigenvalue weighted by atomic mass is 9.99. The lowest BCUT2D eigenvalue weighted by Gasteiger charge is -2.10. The fourth-order valence-corrected chi connectivity index (χ4v) is 2.74. The highest BCUT2D eigenvalue weighted by Crippen LogP contribution is 2.16. The summed E-state index contributed by atoms with van der Waals surface area (Å²) in [7, 11) is 0. The van der Waals surface area contributed by atoms with Gasteiger partial charge in [-0.25, -0.2) is 5.43 Å². The highest BCUT2D eigenvalue weighted by Gasteiger charge is 2.13. The second-order valence-corrected chi connectivity index (χ2v) is 5.50. The molecular formula is C16H20N4O. The molecule has 1 aliphatic rings. The molecule has 5 nitrogen and oxygen atoms in total. The fourth-order valence-electron chi connectivity index (χ4n) is 2.74. The zero-order valence-electron chi connectivity index (χ0n) is 12.1. The number of para-hydroxylation sites is 1. The molecule has 1 amide bonds. The van der Waals surface area contributed by atoms with Crippen LogP contribution in [0.25, 0.3) is 10.9 Å². The molecule has 1 aromatic carbocycles. The molecule has 2 aromatic rings. The largest absolute Gasteiger partial charge is 0.292 e. The van der Waals surface area contributed by atoms with Gasteiger partial charge in [-0.1, -0.05) is 37.5 Å². The Morgan fingerprint density at radius 2 is 1.81 bits per heavy atom. The molecule has 1 heterocycles. The minimum Gasteiger partial charge on any atom is -0.277 e. The number of fused-ring (bicyclic) bond motifs is 1. The first-order chi connectivity index (χ1) is 10.3. The van der Waals surface area contributed by atoms with E-state index < -0.39 is 0 Å². The number of hydrazone groups is 1. The van der Waals surface area contributed by atoms with E-state index in [0.29, 0.717) is 5.69 Å². The van der Waals surface area contributed by atoms with E-state index in [4.69, 9.17) is 0 Å². The summed E-state index contributed by atoms with van der Waals surface area (Å²) in [5.74, 6) is -0.248. The number of hydrogen-bond acceptors (Lipinski definition) is 3. The molecule has 5 heteroatoms. The van der Waals surface area contributed by atoms with Crippen LogP contribution in [0.3, 0.4) is 0 Å². The number of rotatable bonds is 2. The van der Waals surface area contributed by atoms with Crippen LogP contribution in [0.1, 0.15) is 55.4 Å². The highest BCUT2D eigenvalue weighted by atomic mass is 16.2. The van der Waals surface area contributed by atoms with Gasteiger partial charge in [-0.15, -0.1) is 0 Å². The van der Waals surface area contributed by atoms with Crippen molar-refractivity contribution in [1.82, 2.24) is 15.6 Å². The molecule has 0 unspecified atom stereocenters. The van der Waals surface area contributed by atoms with Gasteiger partial charge in [-0.2, -0.15) is 10.2 Å². The zero-order chi connectivity index (χ0) is 14.5. The molecule has 0 saturated heterocycles. The van der Waals surface area contributed by atoms with Crippen LogP contribution in [0.5, 0.6) is 0 Å². The Bertz CT molecular complexity index is 649. The Labute approximate surface area is 123 Å². The SMILES string of the molecule is O=C(NN=C1CCCCCCC1)c1n[nH]c2ccccc12. The predicted octanol–water partition coefficient (Wildman–Crippen LogP) is 3.39. The minimum absolute atomic E-state index is 0.248. The molecule has 0 radical (unpaired) electrons. The maximum absolute atomic E-state index is 12.2. The standard InChI is InChI=1S/C16H20N4O/c21-16(15-13-10-6-7-11-14(13)18-19-15)20-17-12-8-4-2-1-3-5-9-12/h6-7,10-11H,1-5,8-9H2,(H,18,19)(H,20,21). The van der Waals surface area contributed by atoms with Gasteiger partial charge < -0.3 is 0 Å². The minimum atomic E-state index is -0.248. The van der Waals surface area contributed by atoms with E-state index in [-0.39, 0.29) is 5.91 Å². The molecule has 3 rings (SSSR count). The summed E-state index contributed by atoms with van der Waals surface area (Å²) in [5.41, 5.74) is 5.03. The summed E-state index contributed by atoms with van der Waals surface area (Å²) >= 11 is 0. The number of carbonyl (C=O) groups excluding carboxylic acids is 1. The first-order valence-electron chi connectivity index (χ1n) is 7.63. The quantitative estimate of drug-likeness (QED) is 0.830. The van der Waals surface area contributed by atoms with Gasteiger partial charge in [0, 0.05) is 11.1 Å². The van der Waals surface area contributed by atoms with E-state index in [1.807, 2.05) is 24.3 Å². The van der Waals surface area contributed by atoms with Crippen molar-refractivity contribution in [2.45, 2.75) is 44.9 Å². The Kier molecular flexibility index (Phi) is 4.28. The second-order valence-electron chi connectivity index (χ2n) is 5.50. The molecule has 1 saturated carbocycles. The van der Waals surface area contributed by atoms with E-state index in [2.05, 4.69) is 20.7 Å². The molecule has 1 aromatic heterocycles. The number of carbonyl (C=O) groups is 1. The number of nitrogens with one attached hydrogen (secondary N) is 2. The van der Waals surface area contributed by atoms with Gasteiger partial charge in [-0.3, -0.25) is 9.89 Å². The number of aromatic nitrogens is 2. The van der Waals surface area contributed by atoms with Crippen molar-refractivity contribution in [2.24, 2.45) is 5.10 Å². The van der Waals surface area contributed by atoms with Crippen LogP contribution in [0.15, 0.2) is 29.4 Å². The molecule has 21 heavy (non-hydrogen) atoms. The van der Waals surface area contributed by atoms with Crippen LogP contribution in [-0.4, -0.2) is 21.8 Å². The third kappa shape index (κ3) is 3.29. The maximum atomic E-state index is 12.2. The van der Waals surface area contributed by atoms with E-state index in [1.165, 1.54) is 32.1 Å². The third-order valence-electron chi connectivity index (χ3n) is 3.93. The number of aromatic amines is 1. The van der Waals surface area contributed by atoms with E-state index in [9.17, 15) is 4.79 Å². The summed E-state index contributed by atoms with van der Waals surface area (Å²) < 4.78 is 0. The molecular weight excluding hydrogens is 264 g/mol. The topological polar surface area (TPSA) is 70.1 Å². The van der Waals surface area contributed by atoms with Crippen LogP contribution in [0.2, 0.25) is 0 Å². The average molecular weight is 284 g/mol. The van der Waals surface area contributed by atoms with Crippen molar-refractivity contribution in [3.63, 3.8) is 0 Å². The Balaban J connectivity index is 1.70. The number of H-pyrrole nitrogens is 1. The lowest BCUT2D eigenvalue weighted by molar-refractivity contribution is 0.0951. The van der Waals surface area contributed by atoms with Crippen molar-refractivity contribution in [3.05, 3.63) is 30.0 Å². The molecule has 2 N–H and O–H groups in total. The summed E-state index contributed by atoms with van der Waals surface area (Å²) in [4.78, 5) is 12.2. The molecule has 110 valence electrons. The van der Waals surface area contributed by atoms with Crippen molar-refractivity contribution in [1.29, 1.82) is 0 Å². The number of amides is 1. The van der Waals surface area contributed by atoms with Gasteiger partial charge in [0.15, 0.2) is 5.69 Å². The molecule has 0 spiro atoms. The Hall–Kier alpha value is -2.17. The van der Waals surface area contributed by atoms with Gasteiger partial charge in [0.1, 0.15) is 0 Å². The first kappa shape index (κ1) is 13.8.